The van der Waals surface area contributed by atoms with E-state index in [1.165, 1.54) is 25.9 Å². The average Bonchev–Trinajstić information content (AvgIpc) is 2.70. The van der Waals surface area contributed by atoms with Gasteiger partial charge in [-0.2, -0.15) is 0 Å². The quantitative estimate of drug-likeness (QED) is 0.581. The number of rotatable bonds is 6. The predicted molar refractivity (Wildman–Crippen MR) is 102 cm³/mol. The first-order chi connectivity index (χ1) is 13.1. The zero-order valence-corrected chi connectivity index (χ0v) is 15.5. The van der Waals surface area contributed by atoms with E-state index < -0.39 is 11.9 Å². The number of benzene rings is 2. The Kier molecular flexibility index (Phi) is 5.91. The summed E-state index contributed by atoms with van der Waals surface area (Å²) in [4.78, 5) is 26.0. The van der Waals surface area contributed by atoms with Gasteiger partial charge in [0.15, 0.2) is 0 Å². The maximum atomic E-state index is 12.3. The van der Waals surface area contributed by atoms with Crippen LogP contribution in [-0.4, -0.2) is 37.6 Å². The maximum Gasteiger partial charge on any atom is 0.354 e. The first kappa shape index (κ1) is 18.7. The lowest BCUT2D eigenvalue weighted by atomic mass is 9.79. The van der Waals surface area contributed by atoms with Crippen LogP contribution >= 0.6 is 0 Å². The van der Waals surface area contributed by atoms with Crippen molar-refractivity contribution in [3.8, 4) is 0 Å². The predicted octanol–water partition coefficient (Wildman–Crippen LogP) is 3.13. The fourth-order valence-corrected chi connectivity index (χ4v) is 3.56. The summed E-state index contributed by atoms with van der Waals surface area (Å²) in [6.45, 7) is 0.659. The minimum atomic E-state index is -0.575. The van der Waals surface area contributed by atoms with Gasteiger partial charge in [0, 0.05) is 12.5 Å². The molecule has 0 spiro atoms. The Morgan fingerprint density at radius 3 is 2.22 bits per heavy atom. The van der Waals surface area contributed by atoms with Crippen molar-refractivity contribution in [1.82, 2.24) is 4.90 Å². The molecule has 0 aromatic heterocycles. The summed E-state index contributed by atoms with van der Waals surface area (Å²) < 4.78 is 9.60. The van der Waals surface area contributed by atoms with Crippen molar-refractivity contribution < 1.29 is 19.1 Å². The molecule has 27 heavy (non-hydrogen) atoms. The third-order valence-corrected chi connectivity index (χ3v) is 4.86. The third-order valence-electron chi connectivity index (χ3n) is 4.86. The summed E-state index contributed by atoms with van der Waals surface area (Å²) in [5.41, 5.74) is 2.58. The minimum absolute atomic E-state index is 0.0126. The molecule has 2 atom stereocenters. The van der Waals surface area contributed by atoms with Crippen molar-refractivity contribution in [1.29, 1.82) is 0 Å². The summed E-state index contributed by atoms with van der Waals surface area (Å²) >= 11 is 0. The van der Waals surface area contributed by atoms with E-state index >= 15 is 0 Å². The van der Waals surface area contributed by atoms with Gasteiger partial charge in [-0.3, -0.25) is 0 Å². The Morgan fingerprint density at radius 1 is 1.00 bits per heavy atom. The molecule has 2 aromatic rings. The molecule has 5 heteroatoms. The van der Waals surface area contributed by atoms with Crippen LogP contribution in [0.5, 0.6) is 0 Å². The van der Waals surface area contributed by atoms with Crippen LogP contribution in [0.15, 0.2) is 72.4 Å². The van der Waals surface area contributed by atoms with Crippen LogP contribution in [0, 0.1) is 5.92 Å². The highest BCUT2D eigenvalue weighted by Crippen LogP contribution is 2.43. The van der Waals surface area contributed by atoms with Crippen molar-refractivity contribution in [2.24, 2.45) is 5.92 Å². The van der Waals surface area contributed by atoms with Crippen molar-refractivity contribution in [2.75, 3.05) is 20.8 Å². The molecule has 1 fully saturated rings. The molecule has 1 saturated heterocycles. The highest BCUT2D eigenvalue weighted by atomic mass is 16.5. The Morgan fingerprint density at radius 2 is 1.63 bits per heavy atom. The average molecular weight is 365 g/mol. The Bertz CT molecular complexity index is 817. The normalized spacial score (nSPS) is 19.2. The first-order valence-corrected chi connectivity index (χ1v) is 8.87. The molecule has 3 rings (SSSR count). The molecule has 0 saturated carbocycles. The number of esters is 2. The van der Waals surface area contributed by atoms with Crippen LogP contribution in [0.4, 0.5) is 0 Å². The lowest BCUT2D eigenvalue weighted by Crippen LogP contribution is -2.51. The summed E-state index contributed by atoms with van der Waals surface area (Å²) in [5.74, 6) is -0.797. The number of hydrogen-bond acceptors (Lipinski definition) is 5. The molecule has 0 aliphatic carbocycles. The van der Waals surface area contributed by atoms with E-state index in [0.717, 1.165) is 12.0 Å². The van der Waals surface area contributed by atoms with Gasteiger partial charge in [0.1, 0.15) is 5.70 Å². The SMILES string of the molecule is COC(=O)/C=C(\C(=O)OC)N1C[C@@H](Cc2ccccc2)[C@H]1c1ccccc1. The zero-order chi connectivity index (χ0) is 19.2. The summed E-state index contributed by atoms with van der Waals surface area (Å²) in [7, 11) is 2.60. The van der Waals surface area contributed by atoms with Gasteiger partial charge in [-0.15, -0.1) is 0 Å². The highest BCUT2D eigenvalue weighted by Gasteiger charge is 2.43. The van der Waals surface area contributed by atoms with E-state index in [1.807, 2.05) is 53.4 Å². The molecule has 0 bridgehead atoms. The van der Waals surface area contributed by atoms with Gasteiger partial charge < -0.3 is 14.4 Å². The molecule has 0 N–H and O–H groups in total. The van der Waals surface area contributed by atoms with Crippen molar-refractivity contribution in [2.45, 2.75) is 12.5 Å². The fourth-order valence-electron chi connectivity index (χ4n) is 3.56. The highest BCUT2D eigenvalue weighted by molar-refractivity contribution is 5.96. The maximum absolute atomic E-state index is 12.3. The monoisotopic (exact) mass is 365 g/mol. The second-order valence-electron chi connectivity index (χ2n) is 6.50. The number of hydrogen-bond donors (Lipinski definition) is 0. The van der Waals surface area contributed by atoms with E-state index in [9.17, 15) is 9.59 Å². The molecule has 140 valence electrons. The molecule has 0 amide bonds. The van der Waals surface area contributed by atoms with E-state index in [-0.39, 0.29) is 11.7 Å². The van der Waals surface area contributed by atoms with Gasteiger partial charge >= 0.3 is 11.9 Å². The number of ether oxygens (including phenoxy) is 2. The second-order valence-corrected chi connectivity index (χ2v) is 6.50. The van der Waals surface area contributed by atoms with Gasteiger partial charge in [0.2, 0.25) is 0 Å². The van der Waals surface area contributed by atoms with E-state index in [0.29, 0.717) is 12.5 Å². The van der Waals surface area contributed by atoms with Gasteiger partial charge in [0.25, 0.3) is 0 Å². The van der Waals surface area contributed by atoms with Crippen LogP contribution in [0.1, 0.15) is 17.2 Å². The van der Waals surface area contributed by atoms with Crippen LogP contribution in [0.2, 0.25) is 0 Å². The number of likely N-dealkylation sites (tertiary alicyclic amines) is 1. The van der Waals surface area contributed by atoms with Crippen molar-refractivity contribution in [3.63, 3.8) is 0 Å². The number of carbonyl (C=O) groups is 2. The Balaban J connectivity index is 1.91. The summed E-state index contributed by atoms with van der Waals surface area (Å²) in [5, 5.41) is 0. The minimum Gasteiger partial charge on any atom is -0.466 e. The van der Waals surface area contributed by atoms with Crippen LogP contribution in [0.3, 0.4) is 0 Å². The molecule has 2 aromatic carbocycles. The zero-order valence-electron chi connectivity index (χ0n) is 15.5. The lowest BCUT2D eigenvalue weighted by Gasteiger charge is -2.50. The van der Waals surface area contributed by atoms with Crippen LogP contribution in [-0.2, 0) is 25.5 Å². The Hall–Kier alpha value is -3.08. The lowest BCUT2D eigenvalue weighted by molar-refractivity contribution is -0.142. The van der Waals surface area contributed by atoms with E-state index in [4.69, 9.17) is 9.47 Å². The van der Waals surface area contributed by atoms with Crippen LogP contribution < -0.4 is 0 Å². The number of carbonyl (C=O) groups excluding carboxylic acids is 2. The van der Waals surface area contributed by atoms with E-state index in [2.05, 4.69) is 12.1 Å². The second kappa shape index (κ2) is 8.54. The number of methoxy groups -OCH3 is 2. The molecular formula is C22H23NO4. The van der Waals surface area contributed by atoms with Gasteiger partial charge in [-0.1, -0.05) is 60.7 Å². The standard InChI is InChI=1S/C22H23NO4/c1-26-20(24)14-19(22(25)27-2)23-15-18(13-16-9-5-3-6-10-16)21(23)17-11-7-4-8-12-17/h3-12,14,18,21H,13,15H2,1-2H3/b19-14+/t18-,21-/m1/s1. The van der Waals surface area contributed by atoms with Gasteiger partial charge in [0.05, 0.1) is 26.3 Å². The molecule has 1 aliphatic rings. The fraction of sp³-hybridized carbons (Fsp3) is 0.273. The largest absolute Gasteiger partial charge is 0.466 e. The number of nitrogens with zero attached hydrogens (tertiary/aromatic N) is 1. The van der Waals surface area contributed by atoms with Gasteiger partial charge in [-0.25, -0.2) is 9.59 Å². The molecule has 0 unspecified atom stereocenters. The smallest absolute Gasteiger partial charge is 0.354 e. The topological polar surface area (TPSA) is 55.8 Å². The summed E-state index contributed by atoms with van der Waals surface area (Å²) in [6, 6.07) is 20.3. The third kappa shape index (κ3) is 4.19. The Labute approximate surface area is 159 Å². The first-order valence-electron chi connectivity index (χ1n) is 8.87. The molecule has 1 aliphatic heterocycles. The summed E-state index contributed by atoms with van der Waals surface area (Å²) in [6.07, 6.45) is 2.10. The molecular weight excluding hydrogens is 342 g/mol. The van der Waals surface area contributed by atoms with E-state index in [1.54, 1.807) is 0 Å². The molecule has 1 heterocycles. The van der Waals surface area contributed by atoms with Gasteiger partial charge in [-0.05, 0) is 17.5 Å². The molecule has 0 radical (unpaired) electrons. The van der Waals surface area contributed by atoms with Crippen molar-refractivity contribution in [3.05, 3.63) is 83.6 Å². The van der Waals surface area contributed by atoms with Crippen molar-refractivity contribution >= 4 is 11.9 Å². The molecule has 5 nitrogen and oxygen atoms in total. The van der Waals surface area contributed by atoms with Crippen LogP contribution in [0.25, 0.3) is 0 Å².